The number of anilines is 1. The van der Waals surface area contributed by atoms with E-state index in [1.54, 1.807) is 37.3 Å². The van der Waals surface area contributed by atoms with Crippen molar-refractivity contribution in [1.82, 2.24) is 10.6 Å². The van der Waals surface area contributed by atoms with E-state index >= 15 is 0 Å². The quantitative estimate of drug-likeness (QED) is 0.573. The number of benzene rings is 2. The summed E-state index contributed by atoms with van der Waals surface area (Å²) in [5.41, 5.74) is 1.55. The molecule has 2 amide bonds. The van der Waals surface area contributed by atoms with Gasteiger partial charge < -0.3 is 20.1 Å². The number of carbonyl (C=O) groups excluding carboxylic acids is 2. The fraction of sp³-hybridized carbons (Fsp3) is 0.333. The minimum Gasteiger partial charge on any atom is -0.454 e. The van der Waals surface area contributed by atoms with Gasteiger partial charge in [0.05, 0.1) is 10.6 Å². The van der Waals surface area contributed by atoms with Gasteiger partial charge in [-0.1, -0.05) is 17.7 Å². The van der Waals surface area contributed by atoms with Crippen LogP contribution in [0.15, 0.2) is 41.3 Å². The molecular weight excluding hydrogens is 454 g/mol. The number of sulfone groups is 1. The van der Waals surface area contributed by atoms with Crippen LogP contribution < -0.4 is 25.4 Å². The normalized spacial score (nSPS) is 20.0. The molecule has 0 radical (unpaired) electrons. The molecule has 11 heteroatoms. The highest BCUT2D eigenvalue weighted by Crippen LogP contribution is 2.34. The summed E-state index contributed by atoms with van der Waals surface area (Å²) in [7, 11) is -3.84. The first kappa shape index (κ1) is 22.4. The third-order valence-electron chi connectivity index (χ3n) is 5.10. The fourth-order valence-corrected chi connectivity index (χ4v) is 6.07. The summed E-state index contributed by atoms with van der Waals surface area (Å²) in [6.07, 6.45) is 0. The Kier molecular flexibility index (Phi) is 6.31. The van der Waals surface area contributed by atoms with Crippen LogP contribution in [-0.2, 0) is 19.4 Å². The molecule has 0 aromatic heterocycles. The van der Waals surface area contributed by atoms with E-state index in [1.807, 2.05) is 6.92 Å². The third-order valence-corrected chi connectivity index (χ3v) is 8.35. The SMILES string of the molecule is Cc1ccc(S(=O)(=O)C2CNC(SCC(=O)Nc3ccc4c(c3)OCO4)NC2=O)c(C)c1. The number of hydrogen-bond acceptors (Lipinski definition) is 8. The van der Waals surface area contributed by atoms with Gasteiger partial charge in [0.25, 0.3) is 0 Å². The fourth-order valence-electron chi connectivity index (χ4n) is 3.53. The third kappa shape index (κ3) is 4.69. The molecule has 2 heterocycles. The topological polar surface area (TPSA) is 123 Å². The Balaban J connectivity index is 1.31. The van der Waals surface area contributed by atoms with Gasteiger partial charge in [-0.05, 0) is 37.6 Å². The Morgan fingerprint density at radius 2 is 1.94 bits per heavy atom. The predicted molar refractivity (Wildman–Crippen MR) is 120 cm³/mol. The summed E-state index contributed by atoms with van der Waals surface area (Å²) < 4.78 is 36.5. The Morgan fingerprint density at radius 1 is 1.16 bits per heavy atom. The second-order valence-corrected chi connectivity index (χ2v) is 10.7. The number of nitrogens with one attached hydrogen (secondary N) is 3. The van der Waals surface area contributed by atoms with E-state index in [-0.39, 0.29) is 29.9 Å². The van der Waals surface area contributed by atoms with Crippen molar-refractivity contribution in [2.45, 2.75) is 29.5 Å². The number of rotatable bonds is 6. The summed E-state index contributed by atoms with van der Waals surface area (Å²) in [6.45, 7) is 3.70. The molecule has 0 spiro atoms. The minimum absolute atomic E-state index is 0.0388. The van der Waals surface area contributed by atoms with Crippen molar-refractivity contribution in [3.63, 3.8) is 0 Å². The number of carbonyl (C=O) groups is 2. The van der Waals surface area contributed by atoms with Crippen LogP contribution in [0.4, 0.5) is 5.69 Å². The second-order valence-electron chi connectivity index (χ2n) is 7.53. The summed E-state index contributed by atoms with van der Waals surface area (Å²) in [6, 6.07) is 10.1. The molecule has 0 saturated carbocycles. The first-order chi connectivity index (χ1) is 15.2. The molecule has 2 aromatic carbocycles. The lowest BCUT2D eigenvalue weighted by Crippen LogP contribution is -2.59. The highest BCUT2D eigenvalue weighted by Gasteiger charge is 2.39. The smallest absolute Gasteiger partial charge is 0.241 e. The Hall–Kier alpha value is -2.76. The zero-order valence-electron chi connectivity index (χ0n) is 17.5. The molecule has 3 N–H and O–H groups in total. The summed E-state index contributed by atoms with van der Waals surface area (Å²) in [5, 5.41) is 7.16. The molecule has 2 aliphatic heterocycles. The van der Waals surface area contributed by atoms with Crippen LogP contribution in [0.1, 0.15) is 11.1 Å². The van der Waals surface area contributed by atoms with Crippen LogP contribution in [0.25, 0.3) is 0 Å². The minimum atomic E-state index is -3.84. The number of fused-ring (bicyclic) bond motifs is 1. The van der Waals surface area contributed by atoms with Crippen molar-refractivity contribution in [1.29, 1.82) is 0 Å². The second kappa shape index (κ2) is 9.00. The maximum Gasteiger partial charge on any atom is 0.241 e. The zero-order valence-corrected chi connectivity index (χ0v) is 19.1. The molecule has 2 unspecified atom stereocenters. The van der Waals surface area contributed by atoms with Crippen LogP contribution in [0.3, 0.4) is 0 Å². The number of ether oxygens (including phenoxy) is 2. The lowest BCUT2D eigenvalue weighted by atomic mass is 10.2. The van der Waals surface area contributed by atoms with Gasteiger partial charge in [0, 0.05) is 18.3 Å². The van der Waals surface area contributed by atoms with E-state index < -0.39 is 26.5 Å². The van der Waals surface area contributed by atoms with E-state index in [4.69, 9.17) is 9.47 Å². The van der Waals surface area contributed by atoms with Crippen molar-refractivity contribution >= 4 is 39.1 Å². The molecule has 2 aliphatic rings. The molecule has 2 aromatic rings. The van der Waals surface area contributed by atoms with E-state index in [0.29, 0.717) is 22.7 Å². The largest absolute Gasteiger partial charge is 0.454 e. The summed E-state index contributed by atoms with van der Waals surface area (Å²) in [5.74, 6) is 0.387. The van der Waals surface area contributed by atoms with Gasteiger partial charge in [-0.3, -0.25) is 14.9 Å². The number of thioether (sulfide) groups is 1. The first-order valence-electron chi connectivity index (χ1n) is 9.90. The Morgan fingerprint density at radius 3 is 2.69 bits per heavy atom. The summed E-state index contributed by atoms with van der Waals surface area (Å²) in [4.78, 5) is 25.0. The van der Waals surface area contributed by atoms with E-state index in [0.717, 1.165) is 17.3 Å². The molecule has 0 bridgehead atoms. The Bertz CT molecular complexity index is 1170. The van der Waals surface area contributed by atoms with Crippen LogP contribution in [0, 0.1) is 13.8 Å². The molecule has 1 saturated heterocycles. The van der Waals surface area contributed by atoms with Crippen LogP contribution >= 0.6 is 11.8 Å². The molecule has 9 nitrogen and oxygen atoms in total. The first-order valence-corrected chi connectivity index (χ1v) is 12.5. The molecule has 4 rings (SSSR count). The lowest BCUT2D eigenvalue weighted by molar-refractivity contribution is -0.122. The van der Waals surface area contributed by atoms with Crippen molar-refractivity contribution in [2.24, 2.45) is 0 Å². The predicted octanol–water partition coefficient (Wildman–Crippen LogP) is 1.55. The van der Waals surface area contributed by atoms with Crippen LogP contribution in [0.5, 0.6) is 11.5 Å². The van der Waals surface area contributed by atoms with Crippen molar-refractivity contribution in [3.05, 3.63) is 47.5 Å². The molecule has 170 valence electrons. The molecule has 1 fully saturated rings. The molecular formula is C21H23N3O6S2. The van der Waals surface area contributed by atoms with Crippen molar-refractivity contribution in [2.75, 3.05) is 24.4 Å². The maximum atomic E-state index is 13.0. The Labute approximate surface area is 190 Å². The average Bonchev–Trinajstić information content (AvgIpc) is 3.19. The van der Waals surface area contributed by atoms with Gasteiger partial charge in [0.1, 0.15) is 5.50 Å². The van der Waals surface area contributed by atoms with Crippen LogP contribution in [-0.4, -0.2) is 50.1 Å². The maximum absolute atomic E-state index is 13.0. The molecule has 32 heavy (non-hydrogen) atoms. The molecule has 2 atom stereocenters. The van der Waals surface area contributed by atoms with E-state index in [9.17, 15) is 18.0 Å². The highest BCUT2D eigenvalue weighted by atomic mass is 32.2. The number of amides is 2. The van der Waals surface area contributed by atoms with E-state index in [2.05, 4.69) is 16.0 Å². The van der Waals surface area contributed by atoms with Crippen molar-refractivity contribution in [3.8, 4) is 11.5 Å². The monoisotopic (exact) mass is 477 g/mol. The van der Waals surface area contributed by atoms with Gasteiger partial charge in [0.15, 0.2) is 26.6 Å². The number of aryl methyl sites for hydroxylation is 2. The van der Waals surface area contributed by atoms with Crippen molar-refractivity contribution < 1.29 is 27.5 Å². The lowest BCUT2D eigenvalue weighted by Gasteiger charge is -2.30. The summed E-state index contributed by atoms with van der Waals surface area (Å²) >= 11 is 1.16. The standard InChI is InChI=1S/C21H23N3O6S2/c1-12-3-6-17(13(2)7-12)32(27,28)18-9-22-21(24-20(18)26)31-10-19(25)23-14-4-5-15-16(8-14)30-11-29-15/h3-8,18,21-22H,9-11H2,1-2H3,(H,23,25)(H,24,26). The van der Waals surface area contributed by atoms with Crippen LogP contribution in [0.2, 0.25) is 0 Å². The zero-order chi connectivity index (χ0) is 22.9. The number of hydrogen-bond donors (Lipinski definition) is 3. The highest BCUT2D eigenvalue weighted by molar-refractivity contribution is 8.00. The molecule has 0 aliphatic carbocycles. The van der Waals surface area contributed by atoms with Gasteiger partial charge in [-0.2, -0.15) is 0 Å². The van der Waals surface area contributed by atoms with E-state index in [1.165, 1.54) is 6.07 Å². The van der Waals surface area contributed by atoms with Gasteiger partial charge in [0.2, 0.25) is 18.6 Å². The van der Waals surface area contributed by atoms with Gasteiger partial charge in [-0.15, -0.1) is 11.8 Å². The average molecular weight is 478 g/mol. The van der Waals surface area contributed by atoms with Gasteiger partial charge in [-0.25, -0.2) is 8.42 Å². The van der Waals surface area contributed by atoms with Gasteiger partial charge >= 0.3 is 0 Å².